The number of benzene rings is 1. The first kappa shape index (κ1) is 14.7. The molecule has 0 amide bonds. The quantitative estimate of drug-likeness (QED) is 0.647. The van der Waals surface area contributed by atoms with Crippen LogP contribution in [0.2, 0.25) is 0 Å². The van der Waals surface area contributed by atoms with Gasteiger partial charge in [-0.05, 0) is 32.4 Å². The van der Waals surface area contributed by atoms with E-state index < -0.39 is 11.5 Å². The first-order chi connectivity index (χ1) is 9.82. The van der Waals surface area contributed by atoms with Crippen LogP contribution in [0.4, 0.5) is 14.5 Å². The molecule has 2 aliphatic heterocycles. The van der Waals surface area contributed by atoms with Gasteiger partial charge in [-0.25, -0.2) is 13.8 Å². The molecule has 1 unspecified atom stereocenters. The molecule has 1 saturated heterocycles. The minimum atomic E-state index is -2.10. The van der Waals surface area contributed by atoms with E-state index in [1.165, 1.54) is 18.7 Å². The lowest BCUT2D eigenvalue weighted by Crippen LogP contribution is -2.34. The van der Waals surface area contributed by atoms with Gasteiger partial charge in [0.2, 0.25) is 0 Å². The van der Waals surface area contributed by atoms with Gasteiger partial charge < -0.3 is 0 Å². The Morgan fingerprint density at radius 2 is 2.19 bits per heavy atom. The highest BCUT2D eigenvalue weighted by atomic mass is 32.2. The van der Waals surface area contributed by atoms with Crippen molar-refractivity contribution >= 4 is 39.8 Å². The van der Waals surface area contributed by atoms with Crippen LogP contribution in [-0.2, 0) is 5.67 Å². The maximum atomic E-state index is 14.9. The Morgan fingerprint density at radius 1 is 1.48 bits per heavy atom. The van der Waals surface area contributed by atoms with E-state index in [0.29, 0.717) is 32.9 Å². The molecule has 0 radical (unpaired) electrons. The largest absolute Gasteiger partial charge is 0.289 e. The number of thioether (sulfide) groups is 1. The molecule has 0 N–H and O–H groups in total. The van der Waals surface area contributed by atoms with E-state index in [0.717, 1.165) is 5.56 Å². The number of aliphatic imine (C=N–C) groups is 1. The molecular weight excluding hydrogens is 310 g/mol. The predicted octanol–water partition coefficient (Wildman–Crippen LogP) is 4.63. The van der Waals surface area contributed by atoms with Crippen molar-refractivity contribution in [2.24, 2.45) is 4.99 Å². The lowest BCUT2D eigenvalue weighted by molar-refractivity contribution is 0.195. The first-order valence-electron chi connectivity index (χ1n) is 6.53. The Labute approximate surface area is 131 Å². The van der Waals surface area contributed by atoms with E-state index in [9.17, 15) is 8.78 Å². The smallest absolute Gasteiger partial charge is 0.188 e. The molecule has 0 bridgehead atoms. The van der Waals surface area contributed by atoms with Gasteiger partial charge in [-0.2, -0.15) is 0 Å². The number of hydrogen-bond acceptors (Lipinski definition) is 2. The number of halogens is 2. The predicted molar refractivity (Wildman–Crippen MR) is 88.4 cm³/mol. The Bertz CT molecular complexity index is 708. The minimum Gasteiger partial charge on any atom is -0.289 e. The number of aryl methyl sites for hydroxylation is 1. The maximum Gasteiger partial charge on any atom is 0.188 e. The van der Waals surface area contributed by atoms with E-state index in [-0.39, 0.29) is 0 Å². The minimum absolute atomic E-state index is 0.326. The van der Waals surface area contributed by atoms with Gasteiger partial charge >= 0.3 is 0 Å². The van der Waals surface area contributed by atoms with Gasteiger partial charge in [0, 0.05) is 11.3 Å². The second kappa shape index (κ2) is 4.88. The Hall–Kier alpha value is -1.27. The molecule has 0 aromatic heterocycles. The first-order valence-corrected chi connectivity index (χ1v) is 7.93. The third-order valence-electron chi connectivity index (χ3n) is 3.62. The molecule has 21 heavy (non-hydrogen) atoms. The number of rotatable bonds is 0. The van der Waals surface area contributed by atoms with Crippen molar-refractivity contribution in [3.63, 3.8) is 0 Å². The summed E-state index contributed by atoms with van der Waals surface area (Å²) in [6.45, 7) is 4.90. The monoisotopic (exact) mass is 324 g/mol. The SMILES string of the molecule is CC(=S)N=C1SCC2=C(F)C(C)(F)c3ccc(C)cc3N12. The molecule has 3 rings (SSSR count). The molecule has 2 heterocycles. The molecule has 0 aliphatic carbocycles. The standard InChI is InChI=1S/C15H14F2N2S2/c1-8-4-5-10-11(6-8)19-12(13(16)15(10,3)17)7-21-14(19)18-9(2)20/h4-6H,7H2,1-3H3. The van der Waals surface area contributed by atoms with E-state index in [2.05, 4.69) is 4.99 Å². The van der Waals surface area contributed by atoms with Crippen LogP contribution in [-0.4, -0.2) is 15.9 Å². The highest BCUT2D eigenvalue weighted by Crippen LogP contribution is 2.50. The average molecular weight is 324 g/mol. The topological polar surface area (TPSA) is 15.6 Å². The van der Waals surface area contributed by atoms with Crippen molar-refractivity contribution in [1.82, 2.24) is 0 Å². The van der Waals surface area contributed by atoms with Crippen molar-refractivity contribution in [1.29, 1.82) is 0 Å². The maximum absolute atomic E-state index is 14.9. The van der Waals surface area contributed by atoms with Crippen molar-refractivity contribution in [2.75, 3.05) is 10.7 Å². The average Bonchev–Trinajstić information content (AvgIpc) is 2.79. The summed E-state index contributed by atoms with van der Waals surface area (Å²) in [6, 6.07) is 5.30. The van der Waals surface area contributed by atoms with E-state index >= 15 is 0 Å². The molecule has 0 spiro atoms. The molecule has 110 valence electrons. The van der Waals surface area contributed by atoms with Gasteiger partial charge in [-0.3, -0.25) is 4.90 Å². The summed E-state index contributed by atoms with van der Waals surface area (Å²) >= 11 is 6.39. The second-order valence-corrected chi connectivity index (χ2v) is 6.86. The zero-order chi connectivity index (χ0) is 15.4. The fraction of sp³-hybridized carbons (Fsp3) is 0.333. The summed E-state index contributed by atoms with van der Waals surface area (Å²) in [4.78, 5) is 6.45. The Morgan fingerprint density at radius 3 is 2.86 bits per heavy atom. The van der Waals surface area contributed by atoms with Crippen LogP contribution in [0.1, 0.15) is 25.0 Å². The fourth-order valence-electron chi connectivity index (χ4n) is 2.62. The van der Waals surface area contributed by atoms with Crippen molar-refractivity contribution in [3.05, 3.63) is 40.8 Å². The van der Waals surface area contributed by atoms with E-state index in [1.54, 1.807) is 24.0 Å². The Balaban J connectivity index is 2.27. The Kier molecular flexibility index (Phi) is 3.41. The number of amidine groups is 1. The molecule has 6 heteroatoms. The zero-order valence-corrected chi connectivity index (χ0v) is 13.5. The van der Waals surface area contributed by atoms with Gasteiger partial charge in [0.15, 0.2) is 16.7 Å². The molecule has 2 nitrogen and oxygen atoms in total. The number of nitrogens with zero attached hydrogens (tertiary/aromatic N) is 2. The highest BCUT2D eigenvalue weighted by molar-refractivity contribution is 8.14. The number of alkyl halides is 1. The van der Waals surface area contributed by atoms with Crippen LogP contribution >= 0.6 is 24.0 Å². The zero-order valence-electron chi connectivity index (χ0n) is 11.9. The fourth-order valence-corrected chi connectivity index (χ4v) is 3.82. The molecular formula is C15H14F2N2S2. The van der Waals surface area contributed by atoms with Gasteiger partial charge in [0.25, 0.3) is 0 Å². The summed E-state index contributed by atoms with van der Waals surface area (Å²) in [6.07, 6.45) is 0. The summed E-state index contributed by atoms with van der Waals surface area (Å²) in [5.74, 6) is -0.376. The summed E-state index contributed by atoms with van der Waals surface area (Å²) in [7, 11) is 0. The summed E-state index contributed by atoms with van der Waals surface area (Å²) < 4.78 is 29.5. The van der Waals surface area contributed by atoms with Gasteiger partial charge in [-0.1, -0.05) is 36.1 Å². The third kappa shape index (κ3) is 2.21. The van der Waals surface area contributed by atoms with Crippen molar-refractivity contribution in [3.8, 4) is 0 Å². The molecule has 2 aliphatic rings. The lowest BCUT2D eigenvalue weighted by atomic mass is 9.89. The van der Waals surface area contributed by atoms with Crippen LogP contribution in [0.25, 0.3) is 0 Å². The number of hydrogen-bond donors (Lipinski definition) is 0. The lowest BCUT2D eigenvalue weighted by Gasteiger charge is -2.34. The van der Waals surface area contributed by atoms with Crippen molar-refractivity contribution in [2.45, 2.75) is 26.4 Å². The van der Waals surface area contributed by atoms with Gasteiger partial charge in [0.1, 0.15) is 4.99 Å². The van der Waals surface area contributed by atoms with Crippen LogP contribution in [0.15, 0.2) is 34.7 Å². The van der Waals surface area contributed by atoms with E-state index in [4.69, 9.17) is 12.2 Å². The van der Waals surface area contributed by atoms with Crippen LogP contribution in [0.5, 0.6) is 0 Å². The van der Waals surface area contributed by atoms with E-state index in [1.807, 2.05) is 13.0 Å². The van der Waals surface area contributed by atoms with Crippen LogP contribution < -0.4 is 4.90 Å². The third-order valence-corrected chi connectivity index (χ3v) is 4.66. The van der Waals surface area contributed by atoms with Crippen molar-refractivity contribution < 1.29 is 8.78 Å². The second-order valence-electron chi connectivity index (χ2n) is 5.32. The number of allylic oxidation sites excluding steroid dienone is 1. The number of anilines is 1. The highest BCUT2D eigenvalue weighted by Gasteiger charge is 2.46. The number of thiocarbonyl (C=S) groups is 1. The molecule has 1 fully saturated rings. The van der Waals surface area contributed by atoms with Gasteiger partial charge in [0.05, 0.1) is 11.4 Å². The molecule has 1 aromatic carbocycles. The molecule has 1 atom stereocenters. The molecule has 1 aromatic rings. The normalized spacial score (nSPS) is 26.1. The number of fused-ring (bicyclic) bond motifs is 3. The van der Waals surface area contributed by atoms with Crippen LogP contribution in [0.3, 0.4) is 0 Å². The molecule has 0 saturated carbocycles. The summed E-state index contributed by atoms with van der Waals surface area (Å²) in [5.41, 5.74) is 0.194. The summed E-state index contributed by atoms with van der Waals surface area (Å²) in [5, 5.41) is 0.606. The van der Waals surface area contributed by atoms with Gasteiger partial charge in [-0.15, -0.1) is 0 Å². The van der Waals surface area contributed by atoms with Crippen LogP contribution in [0, 0.1) is 6.92 Å².